The molecule has 1 aromatic rings. The van der Waals surface area contributed by atoms with Gasteiger partial charge in [0.25, 0.3) is 0 Å². The molecule has 0 spiro atoms. The van der Waals surface area contributed by atoms with E-state index in [0.29, 0.717) is 0 Å². The summed E-state index contributed by atoms with van der Waals surface area (Å²) in [5.74, 6) is 0.903. The Morgan fingerprint density at radius 3 is 2.43 bits per heavy atom. The number of benzene rings is 1. The summed E-state index contributed by atoms with van der Waals surface area (Å²) in [5, 5.41) is 0. The van der Waals surface area contributed by atoms with E-state index >= 15 is 0 Å². The van der Waals surface area contributed by atoms with E-state index < -0.39 is 0 Å². The normalized spacial score (nSPS) is 12.7. The van der Waals surface area contributed by atoms with Crippen LogP contribution in [0.2, 0.25) is 0 Å². The lowest BCUT2D eigenvalue weighted by atomic mass is 9.99. The first-order chi connectivity index (χ1) is 6.49. The van der Waals surface area contributed by atoms with Crippen LogP contribution in [0.5, 0.6) is 5.75 Å². The fourth-order valence-electron chi connectivity index (χ4n) is 1.69. The number of hydrogen-bond acceptors (Lipinski definition) is 2. The SMILES string of the molecule is COc1c(C)cc(Br)c(C)c1[C@@H](C)N. The van der Waals surface area contributed by atoms with Gasteiger partial charge in [0.05, 0.1) is 7.11 Å². The van der Waals surface area contributed by atoms with E-state index in [1.54, 1.807) is 7.11 Å². The summed E-state index contributed by atoms with van der Waals surface area (Å²) in [5.41, 5.74) is 9.27. The molecular formula is C11H16BrNO. The number of nitrogens with two attached hydrogens (primary N) is 1. The summed E-state index contributed by atoms with van der Waals surface area (Å²) in [7, 11) is 1.68. The van der Waals surface area contributed by atoms with Crippen LogP contribution in [0.4, 0.5) is 0 Å². The van der Waals surface area contributed by atoms with Crippen molar-refractivity contribution < 1.29 is 4.74 Å². The summed E-state index contributed by atoms with van der Waals surface area (Å²) in [6, 6.07) is 2.04. The standard InChI is InChI=1S/C11H16BrNO/c1-6-5-9(12)7(2)10(8(3)13)11(6)14-4/h5,8H,13H2,1-4H3/t8-/m1/s1. The minimum atomic E-state index is -0.0128. The molecule has 0 saturated carbocycles. The summed E-state index contributed by atoms with van der Waals surface area (Å²) < 4.78 is 6.46. The quantitative estimate of drug-likeness (QED) is 0.884. The average Bonchev–Trinajstić information content (AvgIpc) is 2.10. The lowest BCUT2D eigenvalue weighted by molar-refractivity contribution is 0.403. The van der Waals surface area contributed by atoms with Crippen LogP contribution in [0.25, 0.3) is 0 Å². The van der Waals surface area contributed by atoms with E-state index in [9.17, 15) is 0 Å². The van der Waals surface area contributed by atoms with Crippen molar-refractivity contribution in [2.24, 2.45) is 5.73 Å². The molecule has 0 aliphatic rings. The van der Waals surface area contributed by atoms with Gasteiger partial charge in [0.1, 0.15) is 5.75 Å². The Morgan fingerprint density at radius 1 is 1.43 bits per heavy atom. The van der Waals surface area contributed by atoms with Crippen LogP contribution in [0.15, 0.2) is 10.5 Å². The van der Waals surface area contributed by atoms with Crippen LogP contribution >= 0.6 is 15.9 Å². The van der Waals surface area contributed by atoms with Crippen molar-refractivity contribution in [2.75, 3.05) is 7.11 Å². The third-order valence-electron chi connectivity index (χ3n) is 2.37. The number of methoxy groups -OCH3 is 1. The highest BCUT2D eigenvalue weighted by molar-refractivity contribution is 9.10. The highest BCUT2D eigenvalue weighted by atomic mass is 79.9. The van der Waals surface area contributed by atoms with Crippen molar-refractivity contribution in [1.29, 1.82) is 0 Å². The van der Waals surface area contributed by atoms with Crippen molar-refractivity contribution in [1.82, 2.24) is 0 Å². The van der Waals surface area contributed by atoms with Gasteiger partial charge in [-0.15, -0.1) is 0 Å². The minimum Gasteiger partial charge on any atom is -0.496 e. The molecule has 2 nitrogen and oxygen atoms in total. The summed E-state index contributed by atoms with van der Waals surface area (Å²) in [4.78, 5) is 0. The zero-order chi connectivity index (χ0) is 10.9. The molecule has 2 N–H and O–H groups in total. The molecule has 0 aliphatic carbocycles. The van der Waals surface area contributed by atoms with Crippen molar-refractivity contribution in [3.63, 3.8) is 0 Å². The number of rotatable bonds is 2. The fraction of sp³-hybridized carbons (Fsp3) is 0.455. The first kappa shape index (κ1) is 11.5. The third kappa shape index (κ3) is 1.93. The minimum absolute atomic E-state index is 0.0128. The summed E-state index contributed by atoms with van der Waals surface area (Å²) >= 11 is 3.52. The van der Waals surface area contributed by atoms with Crippen LogP contribution < -0.4 is 10.5 Å². The van der Waals surface area contributed by atoms with Crippen molar-refractivity contribution in [3.8, 4) is 5.75 Å². The van der Waals surface area contributed by atoms with Crippen LogP contribution in [0.3, 0.4) is 0 Å². The van der Waals surface area contributed by atoms with Gasteiger partial charge in [-0.25, -0.2) is 0 Å². The fourth-order valence-corrected chi connectivity index (χ4v) is 2.25. The van der Waals surface area contributed by atoms with Gasteiger partial charge in [0.2, 0.25) is 0 Å². The van der Waals surface area contributed by atoms with Gasteiger partial charge in [-0.05, 0) is 38.0 Å². The number of hydrogen-bond donors (Lipinski definition) is 1. The summed E-state index contributed by atoms with van der Waals surface area (Å²) in [6.07, 6.45) is 0. The zero-order valence-electron chi connectivity index (χ0n) is 9.02. The molecule has 0 unspecified atom stereocenters. The van der Waals surface area contributed by atoms with Crippen molar-refractivity contribution in [3.05, 3.63) is 27.2 Å². The van der Waals surface area contributed by atoms with E-state index in [1.165, 1.54) is 0 Å². The molecule has 0 heterocycles. The van der Waals surface area contributed by atoms with Gasteiger partial charge >= 0.3 is 0 Å². The Balaban J connectivity index is 3.48. The third-order valence-corrected chi connectivity index (χ3v) is 3.19. The Labute approximate surface area is 93.6 Å². The van der Waals surface area contributed by atoms with E-state index in [2.05, 4.69) is 22.0 Å². The topological polar surface area (TPSA) is 35.2 Å². The van der Waals surface area contributed by atoms with E-state index in [-0.39, 0.29) is 6.04 Å². The number of halogens is 1. The molecule has 0 amide bonds. The number of aryl methyl sites for hydroxylation is 1. The highest BCUT2D eigenvalue weighted by Gasteiger charge is 2.15. The first-order valence-electron chi connectivity index (χ1n) is 4.58. The van der Waals surface area contributed by atoms with Gasteiger partial charge in [-0.2, -0.15) is 0 Å². The smallest absolute Gasteiger partial charge is 0.126 e. The molecule has 1 rings (SSSR count). The van der Waals surface area contributed by atoms with Crippen LogP contribution in [-0.4, -0.2) is 7.11 Å². The maximum absolute atomic E-state index is 5.93. The van der Waals surface area contributed by atoms with Gasteiger partial charge in [0, 0.05) is 16.1 Å². The van der Waals surface area contributed by atoms with Gasteiger partial charge in [0.15, 0.2) is 0 Å². The molecule has 0 fully saturated rings. The second-order valence-corrected chi connectivity index (χ2v) is 4.39. The molecule has 1 atom stereocenters. The lowest BCUT2D eigenvalue weighted by Crippen LogP contribution is -2.10. The molecule has 0 aromatic heterocycles. The van der Waals surface area contributed by atoms with Gasteiger partial charge in [-0.1, -0.05) is 15.9 Å². The molecular weight excluding hydrogens is 242 g/mol. The molecule has 0 saturated heterocycles. The maximum Gasteiger partial charge on any atom is 0.126 e. The highest BCUT2D eigenvalue weighted by Crippen LogP contribution is 2.35. The molecule has 1 aromatic carbocycles. The Morgan fingerprint density at radius 2 is 2.00 bits per heavy atom. The molecule has 78 valence electrons. The number of ether oxygens (including phenoxy) is 1. The first-order valence-corrected chi connectivity index (χ1v) is 5.37. The molecule has 14 heavy (non-hydrogen) atoms. The second kappa shape index (κ2) is 4.32. The van der Waals surface area contributed by atoms with Crippen LogP contribution in [-0.2, 0) is 0 Å². The predicted octanol–water partition coefficient (Wildman–Crippen LogP) is 3.09. The lowest BCUT2D eigenvalue weighted by Gasteiger charge is -2.18. The molecule has 0 bridgehead atoms. The monoisotopic (exact) mass is 257 g/mol. The van der Waals surface area contributed by atoms with Crippen molar-refractivity contribution in [2.45, 2.75) is 26.8 Å². The Hall–Kier alpha value is -0.540. The second-order valence-electron chi connectivity index (χ2n) is 3.54. The molecule has 0 radical (unpaired) electrons. The Bertz CT molecular complexity index is 348. The van der Waals surface area contributed by atoms with E-state index in [1.807, 2.05) is 20.8 Å². The Kier molecular flexibility index (Phi) is 3.56. The summed E-state index contributed by atoms with van der Waals surface area (Å²) in [6.45, 7) is 6.04. The van der Waals surface area contributed by atoms with Crippen LogP contribution in [0.1, 0.15) is 29.7 Å². The zero-order valence-corrected chi connectivity index (χ0v) is 10.6. The molecule has 3 heteroatoms. The van der Waals surface area contributed by atoms with Gasteiger partial charge in [-0.3, -0.25) is 0 Å². The predicted molar refractivity (Wildman–Crippen MR) is 62.8 cm³/mol. The largest absolute Gasteiger partial charge is 0.496 e. The van der Waals surface area contributed by atoms with E-state index in [4.69, 9.17) is 10.5 Å². The van der Waals surface area contributed by atoms with Crippen LogP contribution in [0, 0.1) is 13.8 Å². The van der Waals surface area contributed by atoms with Crippen molar-refractivity contribution >= 4 is 15.9 Å². The molecule has 0 aliphatic heterocycles. The maximum atomic E-state index is 5.93. The van der Waals surface area contributed by atoms with E-state index in [0.717, 1.165) is 26.9 Å². The average molecular weight is 258 g/mol. The van der Waals surface area contributed by atoms with Gasteiger partial charge < -0.3 is 10.5 Å².